The summed E-state index contributed by atoms with van der Waals surface area (Å²) in [6.07, 6.45) is 0.802. The first-order valence-corrected chi connectivity index (χ1v) is 6.16. The predicted octanol–water partition coefficient (Wildman–Crippen LogP) is 2.92. The Balaban J connectivity index is 1.93. The molecule has 5 nitrogen and oxygen atoms in total. The van der Waals surface area contributed by atoms with Gasteiger partial charge in [0.05, 0.1) is 5.56 Å². The molecule has 3 aromatic rings. The van der Waals surface area contributed by atoms with E-state index in [2.05, 4.69) is 10.2 Å². The number of aromatic nitrogens is 2. The summed E-state index contributed by atoms with van der Waals surface area (Å²) in [7, 11) is 0. The number of fused-ring (bicyclic) bond motifs is 1. The number of carbonyl (C=O) groups excluding carboxylic acids is 1. The van der Waals surface area contributed by atoms with Gasteiger partial charge in [0, 0.05) is 6.92 Å². The quantitative estimate of drug-likeness (QED) is 0.681. The monoisotopic (exact) mass is 268 g/mol. The highest BCUT2D eigenvalue weighted by Gasteiger charge is 2.10. The van der Waals surface area contributed by atoms with Crippen molar-refractivity contribution >= 4 is 17.1 Å². The third-order valence-corrected chi connectivity index (χ3v) is 2.97. The Labute approximate surface area is 115 Å². The van der Waals surface area contributed by atoms with Crippen molar-refractivity contribution in [2.75, 3.05) is 0 Å². The maximum absolute atomic E-state index is 11.3. The number of ether oxygens (including phenoxy) is 1. The molecule has 3 rings (SSSR count). The van der Waals surface area contributed by atoms with Crippen molar-refractivity contribution in [1.29, 1.82) is 0 Å². The first kappa shape index (κ1) is 12.3. The molecule has 0 unspecified atom stereocenters. The molecule has 0 bridgehead atoms. The number of aryl methyl sites for hydroxylation is 1. The van der Waals surface area contributed by atoms with Gasteiger partial charge in [-0.05, 0) is 16.8 Å². The number of carbonyl (C=O) groups is 1. The van der Waals surface area contributed by atoms with Gasteiger partial charge in [-0.25, -0.2) is 0 Å². The predicted molar refractivity (Wildman–Crippen MR) is 72.7 cm³/mol. The molecular formula is C15H12N2O3. The second-order valence-corrected chi connectivity index (χ2v) is 4.32. The van der Waals surface area contributed by atoms with E-state index in [0.29, 0.717) is 23.1 Å². The van der Waals surface area contributed by atoms with Crippen LogP contribution in [0.4, 0.5) is 0 Å². The molecule has 1 heterocycles. The Bertz CT molecular complexity index is 765. The molecular weight excluding hydrogens is 256 g/mol. The van der Waals surface area contributed by atoms with Gasteiger partial charge in [-0.1, -0.05) is 30.3 Å². The normalized spacial score (nSPS) is 10.7. The van der Waals surface area contributed by atoms with Crippen molar-refractivity contribution in [2.45, 2.75) is 13.5 Å². The van der Waals surface area contributed by atoms with Gasteiger partial charge in [-0.2, -0.15) is 0 Å². The highest BCUT2D eigenvalue weighted by Crippen LogP contribution is 2.27. The molecule has 0 radical (unpaired) electrons. The van der Waals surface area contributed by atoms with Gasteiger partial charge >= 0.3 is 0 Å². The van der Waals surface area contributed by atoms with Crippen molar-refractivity contribution in [2.24, 2.45) is 0 Å². The fourth-order valence-electron chi connectivity index (χ4n) is 2.06. The Morgan fingerprint density at radius 3 is 2.80 bits per heavy atom. The minimum Gasteiger partial charge on any atom is -0.483 e. The zero-order valence-corrected chi connectivity index (χ0v) is 10.9. The molecule has 100 valence electrons. The van der Waals surface area contributed by atoms with Crippen LogP contribution in [0.25, 0.3) is 10.8 Å². The maximum Gasteiger partial charge on any atom is 0.253 e. The van der Waals surface area contributed by atoms with E-state index in [-0.39, 0.29) is 6.61 Å². The Morgan fingerprint density at radius 1 is 1.20 bits per heavy atom. The molecule has 0 saturated heterocycles. The largest absolute Gasteiger partial charge is 0.483 e. The van der Waals surface area contributed by atoms with Crippen LogP contribution in [0.2, 0.25) is 0 Å². The Kier molecular flexibility index (Phi) is 3.16. The van der Waals surface area contributed by atoms with Gasteiger partial charge in [0.2, 0.25) is 5.89 Å². The topological polar surface area (TPSA) is 65.2 Å². The molecule has 2 aromatic carbocycles. The van der Waals surface area contributed by atoms with E-state index in [4.69, 9.17) is 9.15 Å². The average Bonchev–Trinajstić information content (AvgIpc) is 2.90. The first-order valence-electron chi connectivity index (χ1n) is 6.16. The summed E-state index contributed by atoms with van der Waals surface area (Å²) in [6, 6.07) is 11.3. The lowest BCUT2D eigenvalue weighted by molar-refractivity contribution is 0.112. The molecule has 0 atom stereocenters. The molecule has 0 aliphatic carbocycles. The second-order valence-electron chi connectivity index (χ2n) is 4.32. The molecule has 0 spiro atoms. The SMILES string of the molecule is Cc1nnc(COc2ccc3ccccc3c2C=O)o1. The van der Waals surface area contributed by atoms with Crippen molar-refractivity contribution < 1.29 is 13.9 Å². The van der Waals surface area contributed by atoms with Gasteiger partial charge < -0.3 is 9.15 Å². The molecule has 0 aliphatic rings. The van der Waals surface area contributed by atoms with Crippen molar-refractivity contribution in [3.63, 3.8) is 0 Å². The summed E-state index contributed by atoms with van der Waals surface area (Å²) in [5.41, 5.74) is 0.527. The summed E-state index contributed by atoms with van der Waals surface area (Å²) in [5, 5.41) is 9.43. The van der Waals surface area contributed by atoms with E-state index in [0.717, 1.165) is 17.1 Å². The van der Waals surface area contributed by atoms with Crippen LogP contribution < -0.4 is 4.74 Å². The highest BCUT2D eigenvalue weighted by atomic mass is 16.5. The highest BCUT2D eigenvalue weighted by molar-refractivity contribution is 6.00. The first-order chi connectivity index (χ1) is 9.78. The summed E-state index contributed by atoms with van der Waals surface area (Å²) in [4.78, 5) is 11.3. The maximum atomic E-state index is 11.3. The lowest BCUT2D eigenvalue weighted by atomic mass is 10.0. The van der Waals surface area contributed by atoms with Crippen molar-refractivity contribution in [1.82, 2.24) is 10.2 Å². The number of hydrogen-bond acceptors (Lipinski definition) is 5. The molecule has 0 fully saturated rings. The van der Waals surface area contributed by atoms with E-state index >= 15 is 0 Å². The lowest BCUT2D eigenvalue weighted by Gasteiger charge is -2.09. The summed E-state index contributed by atoms with van der Waals surface area (Å²) in [5.74, 6) is 1.37. The smallest absolute Gasteiger partial charge is 0.253 e. The van der Waals surface area contributed by atoms with E-state index in [1.54, 1.807) is 13.0 Å². The minimum atomic E-state index is 0.139. The standard InChI is InChI=1S/C15H12N2O3/c1-10-16-17-15(20-10)9-19-14-7-6-11-4-2-3-5-12(11)13(14)8-18/h2-8H,9H2,1H3. The Morgan fingerprint density at radius 2 is 2.05 bits per heavy atom. The van der Waals surface area contributed by atoms with Gasteiger partial charge in [0.25, 0.3) is 5.89 Å². The molecule has 0 N–H and O–H groups in total. The van der Waals surface area contributed by atoms with Crippen LogP contribution in [0.1, 0.15) is 22.1 Å². The molecule has 5 heteroatoms. The van der Waals surface area contributed by atoms with E-state index in [1.165, 1.54) is 0 Å². The van der Waals surface area contributed by atoms with E-state index in [9.17, 15) is 4.79 Å². The average molecular weight is 268 g/mol. The molecule has 20 heavy (non-hydrogen) atoms. The zero-order valence-electron chi connectivity index (χ0n) is 10.9. The number of nitrogens with zero attached hydrogens (tertiary/aromatic N) is 2. The van der Waals surface area contributed by atoms with Gasteiger partial charge in [-0.15, -0.1) is 10.2 Å². The number of hydrogen-bond donors (Lipinski definition) is 0. The fourth-order valence-corrected chi connectivity index (χ4v) is 2.06. The summed E-state index contributed by atoms with van der Waals surface area (Å²) >= 11 is 0. The molecule has 0 amide bonds. The van der Waals surface area contributed by atoms with Crippen molar-refractivity contribution in [3.8, 4) is 5.75 Å². The van der Waals surface area contributed by atoms with Crippen LogP contribution >= 0.6 is 0 Å². The van der Waals surface area contributed by atoms with E-state index in [1.807, 2.05) is 30.3 Å². The number of benzene rings is 2. The zero-order chi connectivity index (χ0) is 13.9. The lowest BCUT2D eigenvalue weighted by Crippen LogP contribution is -1.99. The van der Waals surface area contributed by atoms with Crippen LogP contribution in [0.3, 0.4) is 0 Å². The third kappa shape index (κ3) is 2.25. The van der Waals surface area contributed by atoms with Gasteiger partial charge in [0.1, 0.15) is 5.75 Å². The van der Waals surface area contributed by atoms with Gasteiger partial charge in [0.15, 0.2) is 12.9 Å². The van der Waals surface area contributed by atoms with Crippen LogP contribution in [0.5, 0.6) is 5.75 Å². The minimum absolute atomic E-state index is 0.139. The van der Waals surface area contributed by atoms with Crippen LogP contribution in [0, 0.1) is 6.92 Å². The van der Waals surface area contributed by atoms with Crippen LogP contribution in [0.15, 0.2) is 40.8 Å². The summed E-state index contributed by atoms with van der Waals surface area (Å²) in [6.45, 7) is 1.85. The summed E-state index contributed by atoms with van der Waals surface area (Å²) < 4.78 is 10.8. The molecule has 0 aliphatic heterocycles. The van der Waals surface area contributed by atoms with Crippen LogP contribution in [-0.4, -0.2) is 16.5 Å². The third-order valence-electron chi connectivity index (χ3n) is 2.97. The molecule has 0 saturated carbocycles. The van der Waals surface area contributed by atoms with E-state index < -0.39 is 0 Å². The number of aldehydes is 1. The molecule has 1 aromatic heterocycles. The number of rotatable bonds is 4. The van der Waals surface area contributed by atoms with Crippen molar-refractivity contribution in [3.05, 3.63) is 53.7 Å². The van der Waals surface area contributed by atoms with Crippen LogP contribution in [-0.2, 0) is 6.61 Å². The fraction of sp³-hybridized carbons (Fsp3) is 0.133. The van der Waals surface area contributed by atoms with Gasteiger partial charge in [-0.3, -0.25) is 4.79 Å². The second kappa shape index (κ2) is 5.13. The Hall–Kier alpha value is -2.69.